The van der Waals surface area contributed by atoms with Crippen molar-refractivity contribution in [2.45, 2.75) is 71.4 Å². The fourth-order valence-corrected chi connectivity index (χ4v) is 4.90. The number of carbonyl (C=O) groups excluding carboxylic acids is 1. The summed E-state index contributed by atoms with van der Waals surface area (Å²) < 4.78 is 11.9. The number of halogens is 1. The maximum Gasteiger partial charge on any atom is 0.232 e. The number of rotatable bonds is 10. The van der Waals surface area contributed by atoms with Gasteiger partial charge in [0.05, 0.1) is 25.7 Å². The molecule has 3 aromatic rings. The third-order valence-electron chi connectivity index (χ3n) is 6.96. The molecule has 1 aliphatic heterocycles. The van der Waals surface area contributed by atoms with Gasteiger partial charge in [0, 0.05) is 10.7 Å². The first-order valence-corrected chi connectivity index (χ1v) is 13.4. The Labute approximate surface area is 220 Å². The average Bonchev–Trinajstić information content (AvgIpc) is 2.89. The Hall–Kier alpha value is -2.98. The van der Waals surface area contributed by atoms with Crippen LogP contribution in [0.2, 0.25) is 5.02 Å². The minimum atomic E-state index is -0.297. The third kappa shape index (κ3) is 5.70. The van der Waals surface area contributed by atoms with Gasteiger partial charge in [0.15, 0.2) is 11.5 Å². The number of amides is 1. The van der Waals surface area contributed by atoms with E-state index in [-0.39, 0.29) is 18.1 Å². The van der Waals surface area contributed by atoms with Crippen LogP contribution in [0.25, 0.3) is 0 Å². The van der Waals surface area contributed by atoms with Crippen molar-refractivity contribution < 1.29 is 14.3 Å². The van der Waals surface area contributed by atoms with Gasteiger partial charge < -0.3 is 14.4 Å². The predicted molar refractivity (Wildman–Crippen MR) is 148 cm³/mol. The number of benzene rings is 3. The Morgan fingerprint density at radius 2 is 1.72 bits per heavy atom. The second-order valence-corrected chi connectivity index (χ2v) is 9.99. The highest BCUT2D eigenvalue weighted by molar-refractivity contribution is 6.30. The van der Waals surface area contributed by atoms with Crippen molar-refractivity contribution in [2.75, 3.05) is 12.0 Å². The molecular weight excluding hydrogens is 470 g/mol. The van der Waals surface area contributed by atoms with Gasteiger partial charge in [-0.2, -0.15) is 0 Å². The highest BCUT2D eigenvalue weighted by Crippen LogP contribution is 2.43. The van der Waals surface area contributed by atoms with Gasteiger partial charge in [-0.25, -0.2) is 0 Å². The van der Waals surface area contributed by atoms with Crippen LogP contribution in [0.3, 0.4) is 0 Å². The quantitative estimate of drug-likeness (QED) is 0.262. The van der Waals surface area contributed by atoms with Crippen LogP contribution in [0.4, 0.5) is 5.69 Å². The zero-order valence-corrected chi connectivity index (χ0v) is 22.5. The van der Waals surface area contributed by atoms with Gasteiger partial charge in [0.25, 0.3) is 0 Å². The highest BCUT2D eigenvalue weighted by atomic mass is 35.5. The lowest BCUT2D eigenvalue weighted by atomic mass is 9.86. The molecule has 0 radical (unpaired) electrons. The Morgan fingerprint density at radius 3 is 2.36 bits per heavy atom. The van der Waals surface area contributed by atoms with Crippen LogP contribution in [0, 0.1) is 0 Å². The summed E-state index contributed by atoms with van der Waals surface area (Å²) >= 11 is 6.22. The topological polar surface area (TPSA) is 38.8 Å². The molecule has 4 rings (SSSR count). The van der Waals surface area contributed by atoms with E-state index in [4.69, 9.17) is 21.1 Å². The number of hydrogen-bond donors (Lipinski definition) is 0. The van der Waals surface area contributed by atoms with E-state index >= 15 is 0 Å². The van der Waals surface area contributed by atoms with Gasteiger partial charge >= 0.3 is 0 Å². The summed E-state index contributed by atoms with van der Waals surface area (Å²) in [5.41, 5.74) is 5.20. The summed E-state index contributed by atoms with van der Waals surface area (Å²) in [6, 6.07) is 19.9. The van der Waals surface area contributed by atoms with Crippen molar-refractivity contribution in [3.63, 3.8) is 0 Å². The van der Waals surface area contributed by atoms with E-state index in [1.807, 2.05) is 42.2 Å². The van der Waals surface area contributed by atoms with Crippen molar-refractivity contribution in [1.29, 1.82) is 0 Å². The second kappa shape index (κ2) is 11.8. The smallest absolute Gasteiger partial charge is 0.232 e. The number of carbonyl (C=O) groups is 1. The van der Waals surface area contributed by atoms with Crippen molar-refractivity contribution in [2.24, 2.45) is 0 Å². The zero-order valence-electron chi connectivity index (χ0n) is 21.7. The maximum absolute atomic E-state index is 13.6. The molecule has 1 aliphatic rings. The summed E-state index contributed by atoms with van der Waals surface area (Å²) in [4.78, 5) is 15.6. The minimum absolute atomic E-state index is 0.0486. The lowest BCUT2D eigenvalue weighted by Gasteiger charge is -2.38. The molecule has 0 N–H and O–H groups in total. The van der Waals surface area contributed by atoms with Crippen molar-refractivity contribution in [1.82, 2.24) is 0 Å². The van der Waals surface area contributed by atoms with E-state index in [1.54, 1.807) is 7.11 Å². The van der Waals surface area contributed by atoms with Gasteiger partial charge in [-0.3, -0.25) is 4.79 Å². The van der Waals surface area contributed by atoms with Crippen LogP contribution in [0.5, 0.6) is 11.5 Å². The van der Waals surface area contributed by atoms with Crippen molar-refractivity contribution in [3.05, 3.63) is 87.9 Å². The fraction of sp³-hybridized carbons (Fsp3) is 0.387. The molecule has 2 atom stereocenters. The first-order valence-electron chi connectivity index (χ1n) is 13.0. The Balaban J connectivity index is 1.79. The maximum atomic E-state index is 13.6. The van der Waals surface area contributed by atoms with Gasteiger partial charge in [-0.05, 0) is 84.8 Å². The molecule has 0 aromatic heterocycles. The molecule has 0 bridgehead atoms. The Kier molecular flexibility index (Phi) is 8.58. The molecule has 0 spiro atoms. The molecule has 0 aliphatic carbocycles. The first kappa shape index (κ1) is 26.1. The molecule has 3 aromatic carbocycles. The van der Waals surface area contributed by atoms with E-state index in [0.29, 0.717) is 22.9 Å². The molecule has 0 fully saturated rings. The van der Waals surface area contributed by atoms with Crippen molar-refractivity contribution >= 4 is 23.2 Å². The molecule has 190 valence electrons. The zero-order chi connectivity index (χ0) is 25.7. The molecule has 4 nitrogen and oxygen atoms in total. The molecule has 0 saturated carbocycles. The lowest BCUT2D eigenvalue weighted by Crippen LogP contribution is -2.41. The SMILES string of the molecule is CCCCCc1ccc(N2C(=O)Cc3cc(OC)c(OC(C)CC)cc3C2c2ccc(Cl)cc2)cc1. The fourth-order valence-electron chi connectivity index (χ4n) is 4.78. The number of aryl methyl sites for hydroxylation is 1. The number of anilines is 1. The Bertz CT molecular complexity index is 1170. The van der Waals surface area contributed by atoms with E-state index in [9.17, 15) is 4.79 Å². The number of hydrogen-bond acceptors (Lipinski definition) is 3. The van der Waals surface area contributed by atoms with E-state index in [1.165, 1.54) is 24.8 Å². The van der Waals surface area contributed by atoms with Gasteiger partial charge in [0.1, 0.15) is 0 Å². The number of unbranched alkanes of at least 4 members (excludes halogenated alkanes) is 2. The number of ether oxygens (including phenoxy) is 2. The number of nitrogens with zero attached hydrogens (tertiary/aromatic N) is 1. The van der Waals surface area contributed by atoms with Crippen LogP contribution in [-0.2, 0) is 17.6 Å². The van der Waals surface area contributed by atoms with Crippen LogP contribution < -0.4 is 14.4 Å². The predicted octanol–water partition coefficient (Wildman–Crippen LogP) is 7.94. The van der Waals surface area contributed by atoms with Crippen LogP contribution in [0.1, 0.15) is 74.8 Å². The second-order valence-electron chi connectivity index (χ2n) is 9.56. The van der Waals surface area contributed by atoms with Gasteiger partial charge in [0.2, 0.25) is 5.91 Å². The number of methoxy groups -OCH3 is 1. The largest absolute Gasteiger partial charge is 0.493 e. The lowest BCUT2D eigenvalue weighted by molar-refractivity contribution is -0.118. The summed E-state index contributed by atoms with van der Waals surface area (Å²) in [6.45, 7) is 6.36. The summed E-state index contributed by atoms with van der Waals surface area (Å²) in [7, 11) is 1.64. The molecule has 0 saturated heterocycles. The van der Waals surface area contributed by atoms with Crippen molar-refractivity contribution in [3.8, 4) is 11.5 Å². The molecule has 1 amide bonds. The van der Waals surface area contributed by atoms with E-state index in [0.717, 1.165) is 35.2 Å². The third-order valence-corrected chi connectivity index (χ3v) is 7.21. The van der Waals surface area contributed by atoms with Gasteiger partial charge in [-0.15, -0.1) is 0 Å². The molecule has 2 unspecified atom stereocenters. The van der Waals surface area contributed by atoms with Crippen LogP contribution in [0.15, 0.2) is 60.7 Å². The monoisotopic (exact) mass is 505 g/mol. The van der Waals surface area contributed by atoms with E-state index < -0.39 is 0 Å². The molecule has 5 heteroatoms. The molecule has 1 heterocycles. The normalized spacial score (nSPS) is 16.0. The summed E-state index contributed by atoms with van der Waals surface area (Å²) in [5.74, 6) is 1.41. The molecule has 36 heavy (non-hydrogen) atoms. The van der Waals surface area contributed by atoms with Gasteiger partial charge in [-0.1, -0.05) is 62.6 Å². The Morgan fingerprint density at radius 1 is 1.00 bits per heavy atom. The summed E-state index contributed by atoms with van der Waals surface area (Å²) in [6.07, 6.45) is 5.91. The average molecular weight is 506 g/mol. The highest BCUT2D eigenvalue weighted by Gasteiger charge is 2.36. The summed E-state index contributed by atoms with van der Waals surface area (Å²) in [5, 5.41) is 0.666. The first-order chi connectivity index (χ1) is 17.4. The van der Waals surface area contributed by atoms with E-state index in [2.05, 4.69) is 44.2 Å². The standard InChI is InChI=1S/C31H36ClNO3/c1-5-7-8-9-22-10-16-26(17-11-22)33-30(34)19-24-18-28(35-4)29(36-21(3)6-2)20-27(24)31(33)23-12-14-25(32)15-13-23/h10-18,20-21,31H,5-9,19H2,1-4H3. The number of fused-ring (bicyclic) bond motifs is 1. The minimum Gasteiger partial charge on any atom is -0.493 e. The van der Waals surface area contributed by atoms with Crippen LogP contribution >= 0.6 is 11.6 Å². The molecular formula is C31H36ClNO3. The van der Waals surface area contributed by atoms with Crippen LogP contribution in [-0.4, -0.2) is 19.1 Å².